The second-order valence-corrected chi connectivity index (χ2v) is 4.05. The minimum absolute atomic E-state index is 0.0667. The van der Waals surface area contributed by atoms with Crippen molar-refractivity contribution in [3.05, 3.63) is 29.8 Å². The Morgan fingerprint density at radius 1 is 1.18 bits per heavy atom. The number of benzene rings is 1. The van der Waals surface area contributed by atoms with Crippen LogP contribution >= 0.6 is 0 Å². The molecule has 0 atom stereocenters. The highest BCUT2D eigenvalue weighted by Gasteiger charge is 2.43. The first-order valence-corrected chi connectivity index (χ1v) is 6.04. The van der Waals surface area contributed by atoms with Crippen molar-refractivity contribution in [1.82, 2.24) is 0 Å². The van der Waals surface area contributed by atoms with E-state index in [2.05, 4.69) is 0 Å². The highest BCUT2D eigenvalue weighted by Crippen LogP contribution is 2.24. The van der Waals surface area contributed by atoms with Gasteiger partial charge in [-0.15, -0.1) is 0 Å². The van der Waals surface area contributed by atoms with E-state index in [0.717, 1.165) is 24.3 Å². The number of ether oxygens (including phenoxy) is 1. The van der Waals surface area contributed by atoms with E-state index in [1.165, 1.54) is 0 Å². The molecule has 22 heavy (non-hydrogen) atoms. The van der Waals surface area contributed by atoms with Crippen molar-refractivity contribution < 1.29 is 37.4 Å². The maximum absolute atomic E-state index is 12.5. The summed E-state index contributed by atoms with van der Waals surface area (Å²) in [6.45, 7) is 0.554. The monoisotopic (exact) mass is 319 g/mol. The average Bonchev–Trinajstić information content (AvgIpc) is 2.43. The lowest BCUT2D eigenvalue weighted by Crippen LogP contribution is -2.44. The normalized spacial score (nSPS) is 10.9. The Labute approximate surface area is 123 Å². The summed E-state index contributed by atoms with van der Waals surface area (Å²) in [4.78, 5) is 33.4. The number of carbonyl (C=O) groups excluding carboxylic acids is 2. The smallest absolute Gasteiger partial charge is 0.471 e. The van der Waals surface area contributed by atoms with Gasteiger partial charge in [0, 0.05) is 5.69 Å². The van der Waals surface area contributed by atoms with Crippen LogP contribution in [0, 0.1) is 0 Å². The lowest BCUT2D eigenvalue weighted by atomic mass is 10.2. The number of anilines is 1. The molecule has 0 unspecified atom stereocenters. The zero-order chi connectivity index (χ0) is 16.9. The molecule has 1 aromatic carbocycles. The Balaban J connectivity index is 3.08. The zero-order valence-electron chi connectivity index (χ0n) is 11.4. The van der Waals surface area contributed by atoms with Crippen LogP contribution in [0.3, 0.4) is 0 Å². The van der Waals surface area contributed by atoms with Crippen LogP contribution in [-0.2, 0) is 14.3 Å². The number of aliphatic carboxylic acids is 1. The average molecular weight is 319 g/mol. The van der Waals surface area contributed by atoms with E-state index >= 15 is 0 Å². The summed E-state index contributed by atoms with van der Waals surface area (Å²) in [5.74, 6) is -4.59. The van der Waals surface area contributed by atoms with Crippen LogP contribution in [0.15, 0.2) is 24.3 Å². The molecule has 0 spiro atoms. The van der Waals surface area contributed by atoms with Crippen LogP contribution in [0.5, 0.6) is 0 Å². The van der Waals surface area contributed by atoms with Crippen LogP contribution in [0.4, 0.5) is 18.9 Å². The van der Waals surface area contributed by atoms with E-state index in [9.17, 15) is 27.6 Å². The maximum atomic E-state index is 12.5. The van der Waals surface area contributed by atoms with Gasteiger partial charge in [0.15, 0.2) is 0 Å². The fourth-order valence-corrected chi connectivity index (χ4v) is 1.56. The van der Waals surface area contributed by atoms with Gasteiger partial charge in [0.05, 0.1) is 12.2 Å². The molecule has 0 radical (unpaired) electrons. The molecule has 1 N–H and O–H groups in total. The van der Waals surface area contributed by atoms with Crippen molar-refractivity contribution in [2.45, 2.75) is 13.1 Å². The molecule has 0 aromatic heterocycles. The van der Waals surface area contributed by atoms with Gasteiger partial charge in [-0.25, -0.2) is 4.79 Å². The molecule has 1 amide bonds. The van der Waals surface area contributed by atoms with Crippen LogP contribution in [0.1, 0.15) is 17.3 Å². The highest BCUT2D eigenvalue weighted by atomic mass is 19.4. The molecular formula is C13H12F3NO5. The summed E-state index contributed by atoms with van der Waals surface area (Å²) in [7, 11) is 0. The summed E-state index contributed by atoms with van der Waals surface area (Å²) >= 11 is 0. The second-order valence-electron chi connectivity index (χ2n) is 4.05. The molecule has 0 bridgehead atoms. The van der Waals surface area contributed by atoms with Gasteiger partial charge >= 0.3 is 24.0 Å². The topological polar surface area (TPSA) is 83.9 Å². The summed E-state index contributed by atoms with van der Waals surface area (Å²) in [6.07, 6.45) is -5.21. The number of carbonyl (C=O) groups is 3. The number of carboxylic acids is 1. The van der Waals surface area contributed by atoms with Crippen molar-refractivity contribution in [1.29, 1.82) is 0 Å². The largest absolute Gasteiger partial charge is 0.480 e. The van der Waals surface area contributed by atoms with Crippen LogP contribution in [0.25, 0.3) is 0 Å². The van der Waals surface area contributed by atoms with Crippen molar-refractivity contribution in [3.63, 3.8) is 0 Å². The molecule has 6 nitrogen and oxygen atoms in total. The second kappa shape index (κ2) is 6.92. The first-order chi connectivity index (χ1) is 10.2. The fourth-order valence-electron chi connectivity index (χ4n) is 1.56. The van der Waals surface area contributed by atoms with E-state index in [1.807, 2.05) is 0 Å². The van der Waals surface area contributed by atoms with E-state index in [0.29, 0.717) is 0 Å². The molecule has 1 rings (SSSR count). The number of carboxylic acid groups (broad SMARTS) is 1. The zero-order valence-corrected chi connectivity index (χ0v) is 11.4. The number of esters is 1. The Morgan fingerprint density at radius 2 is 1.73 bits per heavy atom. The lowest BCUT2D eigenvalue weighted by Gasteiger charge is -2.22. The third-order valence-electron chi connectivity index (χ3n) is 2.47. The molecule has 9 heteroatoms. The quantitative estimate of drug-likeness (QED) is 0.837. The summed E-state index contributed by atoms with van der Waals surface area (Å²) in [5.41, 5.74) is -0.224. The highest BCUT2D eigenvalue weighted by molar-refractivity contribution is 6.01. The van der Waals surface area contributed by atoms with Crippen molar-refractivity contribution in [3.8, 4) is 0 Å². The van der Waals surface area contributed by atoms with Gasteiger partial charge < -0.3 is 9.84 Å². The molecule has 0 fully saturated rings. The predicted molar refractivity (Wildman–Crippen MR) is 68.4 cm³/mol. The first-order valence-electron chi connectivity index (χ1n) is 6.04. The van der Waals surface area contributed by atoms with Crippen molar-refractivity contribution in [2.24, 2.45) is 0 Å². The molecule has 1 aromatic rings. The third kappa shape index (κ3) is 4.47. The number of hydrogen-bond donors (Lipinski definition) is 1. The number of amides is 1. The van der Waals surface area contributed by atoms with E-state index in [-0.39, 0.29) is 22.8 Å². The van der Waals surface area contributed by atoms with Crippen molar-refractivity contribution in [2.75, 3.05) is 18.1 Å². The van der Waals surface area contributed by atoms with Gasteiger partial charge in [-0.05, 0) is 31.2 Å². The molecule has 0 saturated heterocycles. The maximum Gasteiger partial charge on any atom is 0.471 e. The van der Waals surface area contributed by atoms with Gasteiger partial charge in [-0.3, -0.25) is 14.5 Å². The standard InChI is InChI=1S/C13H12F3NO5/c1-2-22-11(20)8-3-5-9(6-4-8)17(7-10(18)19)12(21)13(14,15)16/h3-6H,2,7H2,1H3,(H,18,19). The molecule has 0 aliphatic carbocycles. The predicted octanol–water partition coefficient (Wildman–Crippen LogP) is 1.84. The summed E-state index contributed by atoms with van der Waals surface area (Å²) < 4.78 is 42.2. The number of halogens is 3. The van der Waals surface area contributed by atoms with Crippen molar-refractivity contribution >= 4 is 23.5 Å². The van der Waals surface area contributed by atoms with Gasteiger partial charge in [-0.2, -0.15) is 13.2 Å². The van der Waals surface area contributed by atoms with Crippen LogP contribution in [-0.4, -0.2) is 42.3 Å². The molecule has 0 aliphatic rings. The van der Waals surface area contributed by atoms with E-state index in [4.69, 9.17) is 9.84 Å². The van der Waals surface area contributed by atoms with Crippen LogP contribution in [0.2, 0.25) is 0 Å². The molecule has 120 valence electrons. The van der Waals surface area contributed by atoms with Crippen LogP contribution < -0.4 is 4.90 Å². The Hall–Kier alpha value is -2.58. The number of rotatable bonds is 5. The molecule has 0 saturated carbocycles. The van der Waals surface area contributed by atoms with Gasteiger partial charge in [-0.1, -0.05) is 0 Å². The van der Waals surface area contributed by atoms with E-state index in [1.54, 1.807) is 6.92 Å². The Bertz CT molecular complexity index is 568. The first kappa shape index (κ1) is 17.5. The number of hydrogen-bond acceptors (Lipinski definition) is 4. The molecule has 0 heterocycles. The van der Waals surface area contributed by atoms with Gasteiger partial charge in [0.25, 0.3) is 0 Å². The number of alkyl halides is 3. The van der Waals surface area contributed by atoms with Gasteiger partial charge in [0.2, 0.25) is 0 Å². The van der Waals surface area contributed by atoms with Gasteiger partial charge in [0.1, 0.15) is 6.54 Å². The summed E-state index contributed by atoms with van der Waals surface area (Å²) in [6, 6.07) is 4.37. The van der Waals surface area contributed by atoms with E-state index < -0.39 is 30.6 Å². The minimum Gasteiger partial charge on any atom is -0.480 e. The summed E-state index contributed by atoms with van der Waals surface area (Å²) in [5, 5.41) is 8.64. The molecular weight excluding hydrogens is 307 g/mol. The SMILES string of the molecule is CCOC(=O)c1ccc(N(CC(=O)O)C(=O)C(F)(F)F)cc1. The molecule has 0 aliphatic heterocycles. The Kier molecular flexibility index (Phi) is 5.50. The Morgan fingerprint density at radius 3 is 2.14 bits per heavy atom. The fraction of sp³-hybridized carbons (Fsp3) is 0.308. The lowest BCUT2D eigenvalue weighted by molar-refractivity contribution is -0.170. The number of nitrogens with zero attached hydrogens (tertiary/aromatic N) is 1. The minimum atomic E-state index is -5.21. The third-order valence-corrected chi connectivity index (χ3v) is 2.47.